The van der Waals surface area contributed by atoms with Crippen LogP contribution in [0.15, 0.2) is 52.3 Å². The summed E-state index contributed by atoms with van der Waals surface area (Å²) in [6.07, 6.45) is 5.37. The molecule has 4 nitrogen and oxygen atoms in total. The number of hydrogen-bond donors (Lipinski definition) is 1. The van der Waals surface area contributed by atoms with Crippen molar-refractivity contribution in [2.24, 2.45) is 11.8 Å². The molecule has 5 heteroatoms. The number of carbonyl (C=O) groups excluding carboxylic acids is 2. The summed E-state index contributed by atoms with van der Waals surface area (Å²) < 4.78 is 0. The van der Waals surface area contributed by atoms with E-state index in [1.807, 2.05) is 55.5 Å². The number of anilines is 1. The van der Waals surface area contributed by atoms with Gasteiger partial charge in [-0.25, -0.2) is 0 Å². The molecule has 162 valence electrons. The van der Waals surface area contributed by atoms with Gasteiger partial charge in [-0.3, -0.25) is 9.59 Å². The molecule has 2 amide bonds. The second-order valence-electron chi connectivity index (χ2n) is 8.86. The van der Waals surface area contributed by atoms with Crippen LogP contribution in [0.2, 0.25) is 0 Å². The van der Waals surface area contributed by atoms with Crippen LogP contribution in [-0.2, 0) is 4.79 Å². The van der Waals surface area contributed by atoms with Gasteiger partial charge < -0.3 is 10.2 Å². The van der Waals surface area contributed by atoms with Crippen molar-refractivity contribution in [1.82, 2.24) is 5.32 Å². The van der Waals surface area contributed by atoms with Crippen LogP contribution < -0.4 is 10.2 Å². The van der Waals surface area contributed by atoms with Crippen LogP contribution in [0, 0.1) is 18.8 Å². The molecule has 3 atom stereocenters. The lowest BCUT2D eigenvalue weighted by atomic mass is 9.78. The Balaban J connectivity index is 1.56. The van der Waals surface area contributed by atoms with Crippen LogP contribution in [0.3, 0.4) is 0 Å². The predicted molar refractivity (Wildman–Crippen MR) is 128 cm³/mol. The molecule has 0 spiro atoms. The Hall–Kier alpha value is -2.53. The number of hydrogen-bond acceptors (Lipinski definition) is 3. The largest absolute Gasteiger partial charge is 0.349 e. The van der Waals surface area contributed by atoms with E-state index in [1.165, 1.54) is 18.2 Å². The molecule has 1 N–H and O–H groups in total. The molecule has 31 heavy (non-hydrogen) atoms. The molecule has 2 aromatic rings. The maximum absolute atomic E-state index is 13.0. The van der Waals surface area contributed by atoms with Gasteiger partial charge in [-0.2, -0.15) is 0 Å². The standard InChI is InChI=1S/C26H30N2O2S/c1-16-9-7-11-21(18(16)3)27-25(29)20-12-13-23-22(14-20)28(4)26(30)24(31-23)15-19-10-6-5-8-17(19)2/h5-6,8,10,12-16,18,21H,7,9,11H2,1-4H3,(H,27,29)/b24-15-/t16-,18-,21+/m0/s1. The van der Waals surface area contributed by atoms with Gasteiger partial charge in [0.25, 0.3) is 11.8 Å². The average molecular weight is 435 g/mol. The number of aryl methyl sites for hydroxylation is 1. The third-order valence-electron chi connectivity index (χ3n) is 6.82. The van der Waals surface area contributed by atoms with Gasteiger partial charge in [-0.1, -0.05) is 62.7 Å². The fourth-order valence-electron chi connectivity index (χ4n) is 4.46. The van der Waals surface area contributed by atoms with E-state index in [9.17, 15) is 9.59 Å². The second kappa shape index (κ2) is 8.91. The summed E-state index contributed by atoms with van der Waals surface area (Å²) in [5.41, 5.74) is 3.57. The molecule has 1 heterocycles. The summed E-state index contributed by atoms with van der Waals surface area (Å²) in [5.74, 6) is 0.999. The van der Waals surface area contributed by atoms with Crippen LogP contribution in [0.1, 0.15) is 54.6 Å². The highest BCUT2D eigenvalue weighted by molar-refractivity contribution is 8.04. The first-order valence-electron chi connectivity index (χ1n) is 11.0. The van der Waals surface area contributed by atoms with E-state index in [0.29, 0.717) is 22.3 Å². The summed E-state index contributed by atoms with van der Waals surface area (Å²) in [5, 5.41) is 3.24. The zero-order chi connectivity index (χ0) is 22.1. The van der Waals surface area contributed by atoms with E-state index in [4.69, 9.17) is 0 Å². The number of thioether (sulfide) groups is 1. The van der Waals surface area contributed by atoms with E-state index in [0.717, 1.165) is 34.6 Å². The minimum atomic E-state index is -0.0548. The average Bonchev–Trinajstić information content (AvgIpc) is 2.76. The molecule has 0 unspecified atom stereocenters. The van der Waals surface area contributed by atoms with Crippen molar-refractivity contribution in [2.45, 2.75) is 51.0 Å². The Bertz CT molecular complexity index is 1050. The van der Waals surface area contributed by atoms with Gasteiger partial charge >= 0.3 is 0 Å². The molecule has 2 aliphatic rings. The SMILES string of the molecule is Cc1ccccc1/C=C1\Sc2ccc(C(=O)N[C@@H]3CCC[C@H](C)[C@@H]3C)cc2N(C)C1=O. The summed E-state index contributed by atoms with van der Waals surface area (Å²) in [7, 11) is 1.78. The molecular formula is C26H30N2O2S. The minimum absolute atomic E-state index is 0.0481. The Morgan fingerprint density at radius 1 is 1.16 bits per heavy atom. The first-order chi connectivity index (χ1) is 14.8. The highest BCUT2D eigenvalue weighted by Gasteiger charge is 2.30. The Kier molecular flexibility index (Phi) is 6.24. The van der Waals surface area contributed by atoms with Gasteiger partial charge in [0.05, 0.1) is 10.6 Å². The first kappa shape index (κ1) is 21.7. The third kappa shape index (κ3) is 4.42. The zero-order valence-corrected chi connectivity index (χ0v) is 19.5. The Morgan fingerprint density at radius 3 is 2.71 bits per heavy atom. The number of carbonyl (C=O) groups is 2. The van der Waals surface area contributed by atoms with Gasteiger partial charge in [0.1, 0.15) is 0 Å². The van der Waals surface area contributed by atoms with Crippen LogP contribution >= 0.6 is 11.8 Å². The van der Waals surface area contributed by atoms with Gasteiger partial charge in [-0.15, -0.1) is 0 Å². The Morgan fingerprint density at radius 2 is 1.94 bits per heavy atom. The lowest BCUT2D eigenvalue weighted by Crippen LogP contribution is -2.43. The van der Waals surface area contributed by atoms with Gasteiger partial charge in [0.15, 0.2) is 0 Å². The van der Waals surface area contributed by atoms with Gasteiger partial charge in [0.2, 0.25) is 0 Å². The lowest BCUT2D eigenvalue weighted by molar-refractivity contribution is -0.114. The van der Waals surface area contributed by atoms with Crippen molar-refractivity contribution >= 4 is 35.3 Å². The Labute approximate surface area is 189 Å². The topological polar surface area (TPSA) is 49.4 Å². The normalized spacial score (nSPS) is 24.8. The van der Waals surface area contributed by atoms with Crippen molar-refractivity contribution in [3.05, 3.63) is 64.1 Å². The lowest BCUT2D eigenvalue weighted by Gasteiger charge is -2.34. The highest BCUT2D eigenvalue weighted by Crippen LogP contribution is 2.42. The highest BCUT2D eigenvalue weighted by atomic mass is 32.2. The maximum Gasteiger partial charge on any atom is 0.264 e. The van der Waals surface area contributed by atoms with E-state index in [2.05, 4.69) is 19.2 Å². The summed E-state index contributed by atoms with van der Waals surface area (Å²) in [4.78, 5) is 29.3. The van der Waals surface area contributed by atoms with Crippen LogP contribution in [0.25, 0.3) is 6.08 Å². The molecule has 2 aromatic carbocycles. The number of benzene rings is 2. The molecule has 4 rings (SSSR count). The number of nitrogens with zero attached hydrogens (tertiary/aromatic N) is 1. The quantitative estimate of drug-likeness (QED) is 0.634. The van der Waals surface area contributed by atoms with Crippen molar-refractivity contribution in [2.75, 3.05) is 11.9 Å². The zero-order valence-electron chi connectivity index (χ0n) is 18.6. The van der Waals surface area contributed by atoms with Crippen LogP contribution in [0.5, 0.6) is 0 Å². The summed E-state index contributed by atoms with van der Waals surface area (Å²) in [6, 6.07) is 13.9. The number of rotatable bonds is 3. The molecule has 1 aliphatic heterocycles. The summed E-state index contributed by atoms with van der Waals surface area (Å²) in [6.45, 7) is 6.54. The molecule has 0 bridgehead atoms. The number of nitrogens with one attached hydrogen (secondary N) is 1. The number of likely N-dealkylation sites (N-methyl/N-ethyl adjacent to an activating group) is 1. The fraction of sp³-hybridized carbons (Fsp3) is 0.385. The molecule has 0 radical (unpaired) electrons. The van der Waals surface area contributed by atoms with E-state index >= 15 is 0 Å². The van der Waals surface area contributed by atoms with Crippen molar-refractivity contribution in [3.8, 4) is 0 Å². The summed E-state index contributed by atoms with van der Waals surface area (Å²) >= 11 is 1.47. The third-order valence-corrected chi connectivity index (χ3v) is 7.89. The van der Waals surface area contributed by atoms with Crippen molar-refractivity contribution in [1.29, 1.82) is 0 Å². The van der Waals surface area contributed by atoms with Gasteiger partial charge in [-0.05, 0) is 60.6 Å². The van der Waals surface area contributed by atoms with Crippen LogP contribution in [-0.4, -0.2) is 24.9 Å². The number of amides is 2. The molecule has 0 saturated heterocycles. The van der Waals surface area contributed by atoms with Crippen LogP contribution in [0.4, 0.5) is 5.69 Å². The smallest absolute Gasteiger partial charge is 0.264 e. The first-order valence-corrected chi connectivity index (χ1v) is 11.8. The molecular weight excluding hydrogens is 404 g/mol. The van der Waals surface area contributed by atoms with Crippen molar-refractivity contribution < 1.29 is 9.59 Å². The minimum Gasteiger partial charge on any atom is -0.349 e. The molecule has 1 fully saturated rings. The molecule has 1 aliphatic carbocycles. The second-order valence-corrected chi connectivity index (χ2v) is 9.94. The fourth-order valence-corrected chi connectivity index (χ4v) is 5.55. The monoisotopic (exact) mass is 434 g/mol. The maximum atomic E-state index is 13.0. The van der Waals surface area contributed by atoms with E-state index in [-0.39, 0.29) is 17.9 Å². The predicted octanol–water partition coefficient (Wildman–Crippen LogP) is 5.66. The van der Waals surface area contributed by atoms with Gasteiger partial charge in [0, 0.05) is 23.5 Å². The molecule has 0 aromatic heterocycles. The molecule has 1 saturated carbocycles. The van der Waals surface area contributed by atoms with E-state index in [1.54, 1.807) is 11.9 Å². The number of fused-ring (bicyclic) bond motifs is 1. The van der Waals surface area contributed by atoms with E-state index < -0.39 is 0 Å². The van der Waals surface area contributed by atoms with Crippen molar-refractivity contribution in [3.63, 3.8) is 0 Å².